The number of aliphatic hydroxyl groups excluding tert-OH is 1. The number of benzene rings is 4. The number of carbonyl (C=O) groups is 4. The van der Waals surface area contributed by atoms with Crippen LogP contribution in [0.4, 0.5) is 18.9 Å². The Bertz CT molecular complexity index is 2790. The minimum atomic E-state index is -4.69. The molecule has 0 spiro atoms. The molecule has 3 fully saturated rings. The van der Waals surface area contributed by atoms with Crippen molar-refractivity contribution in [3.05, 3.63) is 129 Å². The maximum Gasteiger partial charge on any atom is 0.417 e. The van der Waals surface area contributed by atoms with Crippen LogP contribution < -0.4 is 15.0 Å². The van der Waals surface area contributed by atoms with Crippen LogP contribution in [0.1, 0.15) is 115 Å². The monoisotopic (exact) mass is 999 g/mol. The van der Waals surface area contributed by atoms with E-state index in [0.29, 0.717) is 16.7 Å². The fraction of sp³-hybridized carbons (Fsp3) is 0.474. The van der Waals surface area contributed by atoms with E-state index in [4.69, 9.17) is 10.00 Å². The van der Waals surface area contributed by atoms with Crippen LogP contribution >= 0.6 is 0 Å². The molecule has 3 aliphatic heterocycles. The number of rotatable bonds is 16. The third-order valence-electron chi connectivity index (χ3n) is 15.7. The summed E-state index contributed by atoms with van der Waals surface area (Å²) < 4.78 is 47.1. The van der Waals surface area contributed by atoms with Crippen LogP contribution in [-0.4, -0.2) is 107 Å². The number of halogens is 3. The van der Waals surface area contributed by atoms with Crippen molar-refractivity contribution in [1.82, 2.24) is 20.0 Å². The number of aryl methyl sites for hydroxylation is 1. The van der Waals surface area contributed by atoms with Crippen molar-refractivity contribution in [3.8, 4) is 17.9 Å². The number of likely N-dealkylation sites (tertiary alicyclic amines) is 1. The van der Waals surface area contributed by atoms with Gasteiger partial charge in [0.25, 0.3) is 5.91 Å². The summed E-state index contributed by atoms with van der Waals surface area (Å²) in [6.07, 6.45) is -3.89. The number of hydrogen-bond acceptors (Lipinski definition) is 10. The van der Waals surface area contributed by atoms with Crippen LogP contribution in [0.15, 0.2) is 84.9 Å². The van der Waals surface area contributed by atoms with Crippen LogP contribution in [0.25, 0.3) is 0 Å². The van der Waals surface area contributed by atoms with Gasteiger partial charge in [-0.2, -0.15) is 23.7 Å². The van der Waals surface area contributed by atoms with Crippen molar-refractivity contribution < 1.29 is 42.2 Å². The standard InChI is InChI=1S/C57H64F3N7O6/c1-35(2)50(53(72)66-34-43(68)27-47(66)51(70)63-32-38-11-9-37(30-61)10-12-38)67-33-41-17-19-42(26-45(41)52(67)71)65-24-22-64(23-25-65)21-7-8-36-13-15-39(16-14-36)48(69)29-49-55(3,4)54(56(49,5)6)73-44-20-18-40(31-62)46(28-44)57(58,59)60/h9-20,26,28,35,43,47,49-50,54,68H,7-8,21-25,27,29,32-34H2,1-6H3,(H,63,70)/t43-,47+,49?,50+,54?/m1/s1. The van der Waals surface area contributed by atoms with E-state index in [0.717, 1.165) is 80.1 Å². The molecule has 8 rings (SSSR count). The first kappa shape index (κ1) is 52.6. The zero-order valence-electron chi connectivity index (χ0n) is 42.3. The highest BCUT2D eigenvalue weighted by Crippen LogP contribution is 2.62. The molecule has 4 aromatic carbocycles. The van der Waals surface area contributed by atoms with Gasteiger partial charge in [0.15, 0.2) is 5.78 Å². The fourth-order valence-electron chi connectivity index (χ4n) is 12.0. The summed E-state index contributed by atoms with van der Waals surface area (Å²) in [6, 6.07) is 25.9. The Balaban J connectivity index is 0.795. The molecule has 13 nitrogen and oxygen atoms in total. The predicted molar refractivity (Wildman–Crippen MR) is 268 cm³/mol. The first-order valence-electron chi connectivity index (χ1n) is 25.2. The number of piperazine rings is 1. The third-order valence-corrected chi connectivity index (χ3v) is 15.7. The third kappa shape index (κ3) is 11.0. The molecule has 3 atom stereocenters. The van der Waals surface area contributed by atoms with Gasteiger partial charge in [-0.1, -0.05) is 84.0 Å². The SMILES string of the molecule is CC(C)[C@@H](C(=O)N1C[C@H](O)C[C@H]1C(=O)NCc1ccc(C#N)cc1)N1Cc2ccc(N3CCN(CCCc4ccc(C(=O)CC5C(C)(C)C(Oc6ccc(C#N)c(C(F)(F)F)c6)C5(C)C)cc4)CC3)cc2C1=O. The number of ether oxygens (including phenoxy) is 1. The Morgan fingerprint density at radius 2 is 1.55 bits per heavy atom. The zero-order valence-corrected chi connectivity index (χ0v) is 42.3. The van der Waals surface area contributed by atoms with Crippen LogP contribution in [0.2, 0.25) is 0 Å². The number of hydrogen-bond donors (Lipinski definition) is 2. The van der Waals surface area contributed by atoms with E-state index in [9.17, 15) is 42.7 Å². The number of anilines is 1. The number of nitrogens with one attached hydrogen (secondary N) is 1. The molecule has 0 unspecified atom stereocenters. The topological polar surface area (TPSA) is 170 Å². The molecule has 3 amide bonds. The van der Waals surface area contributed by atoms with Crippen LogP contribution in [0, 0.1) is 45.3 Å². The normalized spacial score (nSPS) is 21.8. The lowest BCUT2D eigenvalue weighted by molar-refractivity contribution is -0.196. The largest absolute Gasteiger partial charge is 0.489 e. The molecule has 0 radical (unpaired) electrons. The smallest absolute Gasteiger partial charge is 0.417 e. The van der Waals surface area contributed by atoms with Crippen LogP contribution in [0.3, 0.4) is 0 Å². The van der Waals surface area contributed by atoms with Crippen molar-refractivity contribution in [3.63, 3.8) is 0 Å². The van der Waals surface area contributed by atoms with Crippen molar-refractivity contribution in [2.24, 2.45) is 22.7 Å². The molecule has 4 aromatic rings. The van der Waals surface area contributed by atoms with E-state index in [-0.39, 0.29) is 73.6 Å². The van der Waals surface area contributed by atoms with Gasteiger partial charge in [0.1, 0.15) is 23.9 Å². The summed E-state index contributed by atoms with van der Waals surface area (Å²) in [5.41, 5.74) is 2.88. The number of nitriles is 2. The quantitative estimate of drug-likeness (QED) is 0.104. The molecule has 0 aromatic heterocycles. The summed E-state index contributed by atoms with van der Waals surface area (Å²) in [4.78, 5) is 63.3. The second kappa shape index (κ2) is 21.0. The number of aliphatic hydroxyl groups is 1. The van der Waals surface area contributed by atoms with Crippen molar-refractivity contribution in [2.75, 3.05) is 44.2 Å². The first-order valence-corrected chi connectivity index (χ1v) is 25.2. The van der Waals surface area contributed by atoms with E-state index >= 15 is 0 Å². The van der Waals surface area contributed by atoms with E-state index in [2.05, 4.69) is 21.2 Å². The molecule has 2 N–H and O–H groups in total. The highest BCUT2D eigenvalue weighted by atomic mass is 19.4. The molecule has 16 heteroatoms. The highest BCUT2D eigenvalue weighted by molar-refractivity contribution is 6.02. The molecule has 3 heterocycles. The molecule has 1 aliphatic carbocycles. The molecule has 1 saturated carbocycles. The second-order valence-electron chi connectivity index (χ2n) is 21.7. The second-order valence-corrected chi connectivity index (χ2v) is 21.7. The molecule has 4 aliphatic rings. The molecular formula is C57H64F3N7O6. The lowest BCUT2D eigenvalue weighted by Gasteiger charge is -2.63. The summed E-state index contributed by atoms with van der Waals surface area (Å²) in [7, 11) is 0. The van der Waals surface area contributed by atoms with Gasteiger partial charge in [-0.25, -0.2) is 0 Å². The predicted octanol–water partition coefficient (Wildman–Crippen LogP) is 8.16. The summed E-state index contributed by atoms with van der Waals surface area (Å²) in [6.45, 7) is 16.3. The summed E-state index contributed by atoms with van der Waals surface area (Å²) in [5.74, 6) is -1.30. The van der Waals surface area contributed by atoms with Crippen molar-refractivity contribution >= 4 is 29.2 Å². The number of carbonyl (C=O) groups excluding carboxylic acids is 4. The number of Topliss-reactive ketones (excluding diaryl/α,β-unsaturated/α-hetero) is 1. The number of alkyl halides is 3. The number of amides is 3. The average molecular weight is 1000 g/mol. The number of fused-ring (bicyclic) bond motifs is 1. The van der Waals surface area contributed by atoms with Gasteiger partial charge in [-0.15, -0.1) is 0 Å². The van der Waals surface area contributed by atoms with Crippen LogP contribution in [0.5, 0.6) is 5.75 Å². The maximum atomic E-state index is 14.3. The minimum Gasteiger partial charge on any atom is -0.489 e. The lowest BCUT2D eigenvalue weighted by Crippen LogP contribution is -2.66. The first-order chi connectivity index (χ1) is 34.6. The molecule has 0 bridgehead atoms. The van der Waals surface area contributed by atoms with Gasteiger partial charge in [-0.3, -0.25) is 24.1 Å². The number of ketones is 1. The lowest BCUT2D eigenvalue weighted by atomic mass is 9.44. The van der Waals surface area contributed by atoms with Gasteiger partial charge in [0, 0.05) is 86.3 Å². The van der Waals surface area contributed by atoms with E-state index < -0.39 is 52.4 Å². The Morgan fingerprint density at radius 3 is 2.18 bits per heavy atom. The summed E-state index contributed by atoms with van der Waals surface area (Å²) >= 11 is 0. The van der Waals surface area contributed by atoms with Crippen molar-refractivity contribution in [1.29, 1.82) is 10.5 Å². The molecular weight excluding hydrogens is 936 g/mol. The number of β-amino-alcohol motifs (C(OH)–C–C–N with tert-alkyl or cyclic N) is 1. The van der Waals surface area contributed by atoms with Crippen LogP contribution in [-0.2, 0) is 35.3 Å². The van der Waals surface area contributed by atoms with E-state index in [1.165, 1.54) is 11.0 Å². The van der Waals surface area contributed by atoms with Gasteiger partial charge < -0.3 is 29.9 Å². The van der Waals surface area contributed by atoms with Gasteiger partial charge in [-0.05, 0) is 90.4 Å². The Hall–Kier alpha value is -6.75. The van der Waals surface area contributed by atoms with E-state index in [1.807, 2.05) is 84.0 Å². The maximum absolute atomic E-state index is 14.3. The van der Waals surface area contributed by atoms with Gasteiger partial charge in [0.2, 0.25) is 11.8 Å². The minimum absolute atomic E-state index is 0.000483. The Morgan fingerprint density at radius 1 is 0.877 bits per heavy atom. The molecule has 2 saturated heterocycles. The molecule has 384 valence electrons. The van der Waals surface area contributed by atoms with Gasteiger partial charge in [0.05, 0.1) is 34.9 Å². The van der Waals surface area contributed by atoms with Gasteiger partial charge >= 0.3 is 6.18 Å². The van der Waals surface area contributed by atoms with Crippen molar-refractivity contribution in [2.45, 2.75) is 111 Å². The Labute approximate surface area is 425 Å². The molecule has 73 heavy (non-hydrogen) atoms. The zero-order chi connectivity index (χ0) is 52.6. The highest BCUT2D eigenvalue weighted by Gasteiger charge is 2.63. The Kier molecular flexibility index (Phi) is 15.1. The summed E-state index contributed by atoms with van der Waals surface area (Å²) in [5, 5.41) is 31.8. The average Bonchev–Trinajstić information content (AvgIpc) is 3.92. The number of nitrogens with zero attached hydrogens (tertiary/aromatic N) is 6. The van der Waals surface area contributed by atoms with E-state index in [1.54, 1.807) is 35.2 Å². The fourth-order valence-corrected chi connectivity index (χ4v) is 12.0.